The lowest BCUT2D eigenvalue weighted by atomic mass is 9.97. The molecule has 2 aliphatic heterocycles. The first-order valence-electron chi connectivity index (χ1n) is 6.52. The van der Waals surface area contributed by atoms with Crippen molar-refractivity contribution in [3.05, 3.63) is 0 Å². The van der Waals surface area contributed by atoms with Crippen molar-refractivity contribution in [2.75, 3.05) is 19.8 Å². The van der Waals surface area contributed by atoms with E-state index in [9.17, 15) is 15.3 Å². The van der Waals surface area contributed by atoms with Gasteiger partial charge in [-0.05, 0) is 0 Å². The first-order chi connectivity index (χ1) is 9.49. The lowest BCUT2D eigenvalue weighted by Crippen LogP contribution is -2.64. The van der Waals surface area contributed by atoms with Crippen molar-refractivity contribution < 1.29 is 34.6 Å². The zero-order valence-corrected chi connectivity index (χ0v) is 10.9. The van der Waals surface area contributed by atoms with Crippen LogP contribution < -0.4 is 11.5 Å². The Morgan fingerprint density at radius 2 is 1.85 bits per heavy atom. The highest BCUT2D eigenvalue weighted by Gasteiger charge is 2.46. The number of aliphatic hydroxyl groups is 4. The Hall–Kier alpha value is -0.360. The molecule has 0 radical (unpaired) electrons. The van der Waals surface area contributed by atoms with Crippen molar-refractivity contribution in [2.45, 2.75) is 49.0 Å². The van der Waals surface area contributed by atoms with Gasteiger partial charge in [-0.3, -0.25) is 0 Å². The number of hydrogen-bond donors (Lipinski definition) is 6. The van der Waals surface area contributed by atoms with Gasteiger partial charge in [0.2, 0.25) is 0 Å². The molecule has 9 heteroatoms. The van der Waals surface area contributed by atoms with E-state index in [-0.39, 0.29) is 19.8 Å². The predicted molar refractivity (Wildman–Crippen MR) is 65.4 cm³/mol. The van der Waals surface area contributed by atoms with Crippen LogP contribution in [-0.4, -0.2) is 89.1 Å². The number of nitrogens with two attached hydrogens (primary N) is 2. The molecule has 2 aliphatic rings. The standard InChI is InChI=1S/C11H22N2O7/c12-1-5-8(16)9(17)7(13)11(19-5)20-10-4(15)3-18-6(10)2-14/h4-11,14-17H,1-3,12-13H2/t4-,5+,6+,7-,8+,9+,10-,11-/m0/s1. The maximum Gasteiger partial charge on any atom is 0.176 e. The van der Waals surface area contributed by atoms with Gasteiger partial charge < -0.3 is 46.1 Å². The van der Waals surface area contributed by atoms with Gasteiger partial charge in [0, 0.05) is 6.54 Å². The van der Waals surface area contributed by atoms with Crippen molar-refractivity contribution in [2.24, 2.45) is 11.5 Å². The zero-order chi connectivity index (χ0) is 14.9. The summed E-state index contributed by atoms with van der Waals surface area (Å²) in [6.07, 6.45) is -6.77. The number of rotatable bonds is 4. The molecule has 2 saturated heterocycles. The molecule has 8 N–H and O–H groups in total. The van der Waals surface area contributed by atoms with E-state index in [1.54, 1.807) is 0 Å². The molecule has 20 heavy (non-hydrogen) atoms. The minimum Gasteiger partial charge on any atom is -0.394 e. The van der Waals surface area contributed by atoms with Crippen LogP contribution >= 0.6 is 0 Å². The van der Waals surface area contributed by atoms with Crippen LogP contribution in [0.25, 0.3) is 0 Å². The van der Waals surface area contributed by atoms with Crippen LogP contribution in [0.4, 0.5) is 0 Å². The smallest absolute Gasteiger partial charge is 0.176 e. The summed E-state index contributed by atoms with van der Waals surface area (Å²) in [4.78, 5) is 0. The van der Waals surface area contributed by atoms with Gasteiger partial charge >= 0.3 is 0 Å². The molecule has 2 rings (SSSR count). The van der Waals surface area contributed by atoms with Gasteiger partial charge in [0.15, 0.2) is 6.29 Å². The fraction of sp³-hybridized carbons (Fsp3) is 1.00. The van der Waals surface area contributed by atoms with Gasteiger partial charge in [-0.15, -0.1) is 0 Å². The maximum absolute atomic E-state index is 9.85. The lowest BCUT2D eigenvalue weighted by Gasteiger charge is -2.42. The molecule has 0 aromatic heterocycles. The molecule has 0 aromatic carbocycles. The summed E-state index contributed by atoms with van der Waals surface area (Å²) in [5.74, 6) is 0. The molecular weight excluding hydrogens is 272 g/mol. The van der Waals surface area contributed by atoms with Crippen molar-refractivity contribution in [1.82, 2.24) is 0 Å². The van der Waals surface area contributed by atoms with Crippen molar-refractivity contribution in [1.29, 1.82) is 0 Å². The molecule has 0 unspecified atom stereocenters. The number of aliphatic hydroxyl groups excluding tert-OH is 4. The summed E-state index contributed by atoms with van der Waals surface area (Å²) in [5.41, 5.74) is 11.2. The number of hydrogen-bond acceptors (Lipinski definition) is 9. The van der Waals surface area contributed by atoms with Gasteiger partial charge in [0.1, 0.15) is 36.6 Å². The van der Waals surface area contributed by atoms with Crippen molar-refractivity contribution >= 4 is 0 Å². The summed E-state index contributed by atoms with van der Waals surface area (Å²) < 4.78 is 16.1. The van der Waals surface area contributed by atoms with E-state index < -0.39 is 49.0 Å². The van der Waals surface area contributed by atoms with Crippen LogP contribution in [0.3, 0.4) is 0 Å². The van der Waals surface area contributed by atoms with E-state index in [2.05, 4.69) is 0 Å². The average Bonchev–Trinajstić information content (AvgIpc) is 2.80. The predicted octanol–water partition coefficient (Wildman–Crippen LogP) is -4.14. The van der Waals surface area contributed by atoms with Crippen LogP contribution in [0.15, 0.2) is 0 Å². The van der Waals surface area contributed by atoms with Crippen molar-refractivity contribution in [3.63, 3.8) is 0 Å². The van der Waals surface area contributed by atoms with Gasteiger partial charge in [-0.1, -0.05) is 0 Å². The van der Waals surface area contributed by atoms with Crippen LogP contribution in [0.5, 0.6) is 0 Å². The third-order valence-corrected chi connectivity index (χ3v) is 3.68. The number of ether oxygens (including phenoxy) is 3. The molecule has 0 amide bonds. The molecule has 0 saturated carbocycles. The summed E-state index contributed by atoms with van der Waals surface area (Å²) in [5, 5.41) is 38.5. The summed E-state index contributed by atoms with van der Waals surface area (Å²) >= 11 is 0. The second-order valence-electron chi connectivity index (χ2n) is 5.06. The molecule has 2 fully saturated rings. The molecule has 118 valence electrons. The van der Waals surface area contributed by atoms with Gasteiger partial charge in [-0.25, -0.2) is 0 Å². The zero-order valence-electron chi connectivity index (χ0n) is 10.9. The highest BCUT2D eigenvalue weighted by Crippen LogP contribution is 2.25. The lowest BCUT2D eigenvalue weighted by molar-refractivity contribution is -0.279. The van der Waals surface area contributed by atoms with Gasteiger partial charge in [0.05, 0.1) is 19.3 Å². The maximum atomic E-state index is 9.85. The highest BCUT2D eigenvalue weighted by atomic mass is 16.7. The quantitative estimate of drug-likeness (QED) is 0.302. The van der Waals surface area contributed by atoms with Crippen molar-refractivity contribution in [3.8, 4) is 0 Å². The molecule has 0 aliphatic carbocycles. The summed E-state index contributed by atoms with van der Waals surface area (Å²) in [6.45, 7) is -0.309. The minimum absolute atomic E-state index is 0.0159. The van der Waals surface area contributed by atoms with Gasteiger partial charge in [-0.2, -0.15) is 0 Å². The Labute approximate surface area is 116 Å². The topological polar surface area (TPSA) is 161 Å². The monoisotopic (exact) mass is 294 g/mol. The van der Waals surface area contributed by atoms with Crippen LogP contribution in [0.2, 0.25) is 0 Å². The Kier molecular flexibility index (Phi) is 5.29. The Balaban J connectivity index is 2.03. The second kappa shape index (κ2) is 6.60. The third kappa shape index (κ3) is 2.96. The second-order valence-corrected chi connectivity index (χ2v) is 5.06. The van der Waals surface area contributed by atoms with E-state index in [1.165, 1.54) is 0 Å². The Morgan fingerprint density at radius 1 is 1.15 bits per heavy atom. The fourth-order valence-electron chi connectivity index (χ4n) is 2.42. The van der Waals surface area contributed by atoms with Crippen LogP contribution in [0, 0.1) is 0 Å². The van der Waals surface area contributed by atoms with E-state index in [1.807, 2.05) is 0 Å². The molecule has 2 heterocycles. The molecule has 0 bridgehead atoms. The highest BCUT2D eigenvalue weighted by molar-refractivity contribution is 4.94. The minimum atomic E-state index is -1.26. The molecule has 0 aromatic rings. The molecule has 0 spiro atoms. The largest absolute Gasteiger partial charge is 0.394 e. The average molecular weight is 294 g/mol. The van der Waals surface area contributed by atoms with Crippen LogP contribution in [0.1, 0.15) is 0 Å². The SMILES string of the molecule is NC[C@H]1O[C@@H](O[C@H]2[C@@H](O)CO[C@@H]2CO)[C@@H](N)[C@@H](O)[C@@H]1O. The Bertz CT molecular complexity index is 319. The van der Waals surface area contributed by atoms with E-state index >= 15 is 0 Å². The van der Waals surface area contributed by atoms with Crippen LogP contribution in [-0.2, 0) is 14.2 Å². The van der Waals surface area contributed by atoms with E-state index in [0.717, 1.165) is 0 Å². The van der Waals surface area contributed by atoms with Gasteiger partial charge in [0.25, 0.3) is 0 Å². The molecule has 9 nitrogen and oxygen atoms in total. The first kappa shape index (κ1) is 16.0. The summed E-state index contributed by atoms with van der Waals surface area (Å²) in [7, 11) is 0. The third-order valence-electron chi connectivity index (χ3n) is 3.68. The van der Waals surface area contributed by atoms with E-state index in [0.29, 0.717) is 0 Å². The first-order valence-corrected chi connectivity index (χ1v) is 6.52. The molecule has 8 atom stereocenters. The Morgan fingerprint density at radius 3 is 2.45 bits per heavy atom. The van der Waals surface area contributed by atoms with E-state index in [4.69, 9.17) is 30.8 Å². The summed E-state index contributed by atoms with van der Waals surface area (Å²) in [6, 6.07) is -1.00. The normalized spacial score (nSPS) is 49.5. The molecular formula is C11H22N2O7. The fourth-order valence-corrected chi connectivity index (χ4v) is 2.42.